The van der Waals surface area contributed by atoms with Crippen molar-refractivity contribution in [3.05, 3.63) is 57.6 Å². The molecule has 31 heavy (non-hydrogen) atoms. The fraction of sp³-hybridized carbons (Fsp3) is 0.273. The van der Waals surface area contributed by atoms with E-state index in [1.54, 1.807) is 17.7 Å². The van der Waals surface area contributed by atoms with Crippen LogP contribution in [-0.2, 0) is 11.3 Å². The lowest BCUT2D eigenvalue weighted by Crippen LogP contribution is -2.22. The van der Waals surface area contributed by atoms with Crippen LogP contribution in [0.5, 0.6) is 5.75 Å². The number of hydrogen-bond acceptors (Lipinski definition) is 6. The van der Waals surface area contributed by atoms with Crippen molar-refractivity contribution in [1.82, 2.24) is 14.5 Å². The van der Waals surface area contributed by atoms with Gasteiger partial charge in [-0.3, -0.25) is 14.2 Å². The lowest BCUT2D eigenvalue weighted by atomic mass is 10.2. The Balaban J connectivity index is 1.29. The Hall–Kier alpha value is -3.04. The van der Waals surface area contributed by atoms with Crippen LogP contribution in [0.3, 0.4) is 0 Å². The summed E-state index contributed by atoms with van der Waals surface area (Å²) in [6.45, 7) is 0.526. The first-order valence-corrected chi connectivity index (χ1v) is 11.2. The quantitative estimate of drug-likeness (QED) is 0.293. The van der Waals surface area contributed by atoms with Gasteiger partial charge in [-0.1, -0.05) is 36.0 Å². The van der Waals surface area contributed by atoms with E-state index < -0.39 is 0 Å². The molecule has 4 rings (SSSR count). The predicted octanol–water partition coefficient (Wildman–Crippen LogP) is 4.88. The maximum atomic E-state index is 12.6. The van der Waals surface area contributed by atoms with E-state index in [0.717, 1.165) is 35.0 Å². The molecule has 0 spiro atoms. The predicted molar refractivity (Wildman–Crippen MR) is 127 cm³/mol. The number of rotatable bonds is 8. The van der Waals surface area contributed by atoms with Crippen molar-refractivity contribution in [3.8, 4) is 5.75 Å². The number of anilines is 1. The first kappa shape index (κ1) is 21.2. The van der Waals surface area contributed by atoms with Gasteiger partial charge in [0.25, 0.3) is 5.56 Å². The second-order valence-corrected chi connectivity index (χ2v) is 8.53. The van der Waals surface area contributed by atoms with Crippen LogP contribution in [0.25, 0.3) is 21.1 Å². The Morgan fingerprint density at radius 1 is 1.19 bits per heavy atom. The van der Waals surface area contributed by atoms with E-state index in [9.17, 15) is 9.59 Å². The van der Waals surface area contributed by atoms with Crippen molar-refractivity contribution in [1.29, 1.82) is 0 Å². The number of fused-ring (bicyclic) bond motifs is 2. The van der Waals surface area contributed by atoms with E-state index in [2.05, 4.69) is 15.3 Å². The highest BCUT2D eigenvalue weighted by molar-refractivity contribution is 7.71. The van der Waals surface area contributed by atoms with Gasteiger partial charge >= 0.3 is 0 Å². The van der Waals surface area contributed by atoms with Crippen LogP contribution in [0.4, 0.5) is 5.13 Å². The number of nitrogens with one attached hydrogen (secondary N) is 2. The lowest BCUT2D eigenvalue weighted by molar-refractivity contribution is -0.116. The summed E-state index contributed by atoms with van der Waals surface area (Å²) >= 11 is 6.76. The zero-order valence-electron chi connectivity index (χ0n) is 17.0. The highest BCUT2D eigenvalue weighted by Gasteiger charge is 2.11. The number of hydrogen-bond donors (Lipinski definition) is 2. The molecule has 0 aliphatic rings. The molecule has 0 saturated carbocycles. The highest BCUT2D eigenvalue weighted by Crippen LogP contribution is 2.32. The Morgan fingerprint density at radius 3 is 2.87 bits per heavy atom. The van der Waals surface area contributed by atoms with Gasteiger partial charge in [0.1, 0.15) is 11.3 Å². The number of methoxy groups -OCH3 is 1. The molecule has 2 aromatic heterocycles. The summed E-state index contributed by atoms with van der Waals surface area (Å²) in [5.41, 5.74) is 1.42. The number of unbranched alkanes of at least 4 members (excludes halogenated alkanes) is 2. The van der Waals surface area contributed by atoms with Crippen molar-refractivity contribution >= 4 is 55.7 Å². The van der Waals surface area contributed by atoms with Gasteiger partial charge in [0.05, 0.1) is 22.7 Å². The van der Waals surface area contributed by atoms with E-state index in [-0.39, 0.29) is 11.5 Å². The molecule has 2 N–H and O–H groups in total. The summed E-state index contributed by atoms with van der Waals surface area (Å²) in [4.78, 5) is 32.5. The third-order valence-electron chi connectivity index (χ3n) is 5.02. The maximum absolute atomic E-state index is 12.6. The molecule has 0 atom stereocenters. The zero-order valence-corrected chi connectivity index (χ0v) is 18.6. The first-order valence-electron chi connectivity index (χ1n) is 10.0. The molecular weight excluding hydrogens is 432 g/mol. The Morgan fingerprint density at radius 2 is 2.03 bits per heavy atom. The smallest absolute Gasteiger partial charge is 0.262 e. The van der Waals surface area contributed by atoms with Crippen LogP contribution >= 0.6 is 23.6 Å². The molecule has 0 aliphatic carbocycles. The molecule has 0 unspecified atom stereocenters. The van der Waals surface area contributed by atoms with E-state index in [4.69, 9.17) is 17.0 Å². The van der Waals surface area contributed by atoms with Crippen LogP contribution in [0.1, 0.15) is 25.7 Å². The highest BCUT2D eigenvalue weighted by atomic mass is 32.1. The fourth-order valence-corrected chi connectivity index (χ4v) is 4.64. The number of aromatic nitrogens is 3. The van der Waals surface area contributed by atoms with E-state index >= 15 is 0 Å². The fourth-order valence-electron chi connectivity index (χ4n) is 3.46. The van der Waals surface area contributed by atoms with Gasteiger partial charge in [-0.25, -0.2) is 4.98 Å². The molecule has 4 aromatic rings. The topological polar surface area (TPSA) is 89.0 Å². The maximum Gasteiger partial charge on any atom is 0.262 e. The van der Waals surface area contributed by atoms with Crippen molar-refractivity contribution in [2.45, 2.75) is 32.2 Å². The number of benzene rings is 2. The van der Waals surface area contributed by atoms with Gasteiger partial charge in [-0.05, 0) is 49.3 Å². The van der Waals surface area contributed by atoms with Crippen LogP contribution in [0.2, 0.25) is 0 Å². The summed E-state index contributed by atoms with van der Waals surface area (Å²) in [6, 6.07) is 13.0. The van der Waals surface area contributed by atoms with Crippen LogP contribution in [-0.4, -0.2) is 27.6 Å². The van der Waals surface area contributed by atoms with Crippen LogP contribution in [0.15, 0.2) is 47.3 Å². The molecule has 7 nitrogen and oxygen atoms in total. The summed E-state index contributed by atoms with van der Waals surface area (Å²) in [6.07, 6.45) is 2.70. The number of thiazole rings is 1. The molecule has 1 amide bonds. The molecule has 0 bridgehead atoms. The zero-order chi connectivity index (χ0) is 21.8. The summed E-state index contributed by atoms with van der Waals surface area (Å²) in [7, 11) is 1.60. The van der Waals surface area contributed by atoms with Crippen LogP contribution in [0, 0.1) is 4.77 Å². The normalized spacial score (nSPS) is 11.1. The molecule has 2 heterocycles. The van der Waals surface area contributed by atoms with E-state index in [1.165, 1.54) is 11.3 Å². The average molecular weight is 455 g/mol. The number of amides is 1. The van der Waals surface area contributed by atoms with Gasteiger partial charge in [0.2, 0.25) is 5.91 Å². The second kappa shape index (κ2) is 9.40. The minimum atomic E-state index is -0.0802. The molecule has 0 fully saturated rings. The van der Waals surface area contributed by atoms with Gasteiger partial charge in [-0.15, -0.1) is 0 Å². The van der Waals surface area contributed by atoms with Crippen molar-refractivity contribution < 1.29 is 9.53 Å². The van der Waals surface area contributed by atoms with Gasteiger partial charge in [0.15, 0.2) is 9.90 Å². The average Bonchev–Trinajstić information content (AvgIpc) is 3.17. The second-order valence-electron chi connectivity index (χ2n) is 7.12. The largest absolute Gasteiger partial charge is 0.494 e. The van der Waals surface area contributed by atoms with E-state index in [1.807, 2.05) is 36.4 Å². The van der Waals surface area contributed by atoms with Crippen LogP contribution < -0.4 is 15.6 Å². The Bertz CT molecular complexity index is 1360. The number of H-pyrrole nitrogens is 1. The summed E-state index contributed by atoms with van der Waals surface area (Å²) in [5.74, 6) is 0.620. The number of ether oxygens (including phenoxy) is 1. The number of aromatic amines is 1. The van der Waals surface area contributed by atoms with Gasteiger partial charge < -0.3 is 15.0 Å². The minimum absolute atomic E-state index is 0.0711. The standard InChI is InChI=1S/C22H22N4O3S2/c1-29-16-10-7-11-17-19(16)25-21(31-17)24-18(27)12-3-2-6-13-26-20(28)14-8-4-5-9-15(14)23-22(26)30/h4-5,7-11H,2-3,6,12-13H2,1H3,(H,23,30)(H,24,25,27). The monoisotopic (exact) mass is 454 g/mol. The SMILES string of the molecule is COc1cccc2sc(NC(=O)CCCCCn3c(=S)[nH]c4ccccc4c3=O)nc12. The third-order valence-corrected chi connectivity index (χ3v) is 6.28. The van der Waals surface area contributed by atoms with Gasteiger partial charge in [0, 0.05) is 13.0 Å². The van der Waals surface area contributed by atoms with Crippen molar-refractivity contribution in [3.63, 3.8) is 0 Å². The summed E-state index contributed by atoms with van der Waals surface area (Å²) < 4.78 is 8.29. The minimum Gasteiger partial charge on any atom is -0.494 e. The molecule has 0 radical (unpaired) electrons. The molecule has 0 saturated heterocycles. The Kier molecular flexibility index (Phi) is 6.43. The first-order chi connectivity index (χ1) is 15.1. The van der Waals surface area contributed by atoms with Gasteiger partial charge in [-0.2, -0.15) is 0 Å². The third kappa shape index (κ3) is 4.67. The number of carbonyl (C=O) groups is 1. The Labute approximate surface area is 187 Å². The molecular formula is C22H22N4O3S2. The van der Waals surface area contributed by atoms with Crippen molar-refractivity contribution in [2.75, 3.05) is 12.4 Å². The number of para-hydroxylation sites is 2. The van der Waals surface area contributed by atoms with Crippen molar-refractivity contribution in [2.24, 2.45) is 0 Å². The summed E-state index contributed by atoms with van der Waals surface area (Å²) in [5, 5.41) is 4.06. The molecule has 0 aliphatic heterocycles. The van der Waals surface area contributed by atoms with E-state index in [0.29, 0.717) is 34.0 Å². The lowest BCUT2D eigenvalue weighted by Gasteiger charge is -2.08. The molecule has 160 valence electrons. The number of nitrogens with zero attached hydrogens (tertiary/aromatic N) is 2. The molecule has 9 heteroatoms. The number of carbonyl (C=O) groups excluding carboxylic acids is 1. The molecule has 2 aromatic carbocycles.